The monoisotopic (exact) mass is 365 g/mol. The first-order valence-electron chi connectivity index (χ1n) is 10.9. The van der Waals surface area contributed by atoms with E-state index in [0.717, 1.165) is 31.1 Å². The van der Waals surface area contributed by atoms with Crippen molar-refractivity contribution in [2.24, 2.45) is 22.4 Å². The minimum Gasteiger partial charge on any atom is -0.374 e. The van der Waals surface area contributed by atoms with Gasteiger partial charge in [-0.1, -0.05) is 57.6 Å². The number of nitrogens with one attached hydrogen (secondary N) is 2. The molecule has 0 saturated heterocycles. The number of aliphatic imine (C=N–C) groups is 1. The zero-order valence-electron chi connectivity index (χ0n) is 17.0. The molecule has 0 aromatic rings. The van der Waals surface area contributed by atoms with E-state index in [1.165, 1.54) is 57.8 Å². The molecule has 26 heavy (non-hydrogen) atoms. The maximum Gasteiger partial charge on any atom is 0.0991 e. The summed E-state index contributed by atoms with van der Waals surface area (Å²) in [5, 5.41) is 6.87. The van der Waals surface area contributed by atoms with Gasteiger partial charge in [-0.25, -0.2) is 0 Å². The van der Waals surface area contributed by atoms with Crippen LogP contribution in [0.4, 0.5) is 0 Å². The van der Waals surface area contributed by atoms with Crippen molar-refractivity contribution in [3.63, 3.8) is 0 Å². The SMILES string of the molecule is CCCCCCCCC1C=CC(NC/N=C(\CCN)NCCCN)CC1. The number of allylic oxidation sites excluding steroid dienone is 1. The van der Waals surface area contributed by atoms with E-state index in [1.54, 1.807) is 0 Å². The second kappa shape index (κ2) is 16.3. The number of nitrogens with two attached hydrogens (primary N) is 2. The van der Waals surface area contributed by atoms with Crippen LogP contribution in [0.25, 0.3) is 0 Å². The molecule has 0 aromatic heterocycles. The number of nitrogens with zero attached hydrogens (tertiary/aromatic N) is 1. The first-order valence-corrected chi connectivity index (χ1v) is 10.9. The lowest BCUT2D eigenvalue weighted by Gasteiger charge is -2.23. The van der Waals surface area contributed by atoms with Crippen LogP contribution in [0.3, 0.4) is 0 Å². The lowest BCUT2D eigenvalue weighted by molar-refractivity contribution is 0.425. The lowest BCUT2D eigenvalue weighted by atomic mass is 9.89. The molecule has 0 heterocycles. The molecular formula is C21H43N5. The minimum atomic E-state index is 0.461. The molecule has 152 valence electrons. The summed E-state index contributed by atoms with van der Waals surface area (Å²) in [6.07, 6.45) is 18.8. The van der Waals surface area contributed by atoms with Crippen molar-refractivity contribution in [2.45, 2.75) is 83.6 Å². The highest BCUT2D eigenvalue weighted by atomic mass is 15.1. The van der Waals surface area contributed by atoms with Crippen LogP contribution in [-0.4, -0.2) is 38.2 Å². The number of rotatable bonds is 15. The van der Waals surface area contributed by atoms with Gasteiger partial charge >= 0.3 is 0 Å². The van der Waals surface area contributed by atoms with Crippen LogP contribution in [0.15, 0.2) is 17.1 Å². The number of hydrogen-bond acceptors (Lipinski definition) is 4. The van der Waals surface area contributed by atoms with E-state index in [4.69, 9.17) is 11.5 Å². The Bertz CT molecular complexity index is 381. The van der Waals surface area contributed by atoms with E-state index < -0.39 is 0 Å². The molecule has 6 N–H and O–H groups in total. The number of unbranched alkanes of at least 4 members (excludes halogenated alkanes) is 5. The summed E-state index contributed by atoms with van der Waals surface area (Å²) in [7, 11) is 0. The third kappa shape index (κ3) is 11.7. The van der Waals surface area contributed by atoms with Crippen LogP contribution in [0.5, 0.6) is 0 Å². The molecule has 0 fully saturated rings. The summed E-state index contributed by atoms with van der Waals surface area (Å²) in [5.74, 6) is 1.78. The molecule has 2 atom stereocenters. The first kappa shape index (κ1) is 23.1. The molecule has 0 aromatic carbocycles. The zero-order valence-corrected chi connectivity index (χ0v) is 17.0. The van der Waals surface area contributed by atoms with Crippen LogP contribution in [0.1, 0.15) is 77.6 Å². The highest BCUT2D eigenvalue weighted by molar-refractivity contribution is 5.82. The average Bonchev–Trinajstić information content (AvgIpc) is 2.66. The summed E-state index contributed by atoms with van der Waals surface area (Å²) < 4.78 is 0. The van der Waals surface area contributed by atoms with E-state index in [-0.39, 0.29) is 0 Å². The van der Waals surface area contributed by atoms with Crippen LogP contribution >= 0.6 is 0 Å². The second-order valence-electron chi connectivity index (χ2n) is 7.46. The smallest absolute Gasteiger partial charge is 0.0991 e. The zero-order chi connectivity index (χ0) is 18.9. The van der Waals surface area contributed by atoms with Gasteiger partial charge in [0.25, 0.3) is 0 Å². The quantitative estimate of drug-likeness (QED) is 0.155. The summed E-state index contributed by atoms with van der Waals surface area (Å²) in [5.41, 5.74) is 11.2. The van der Waals surface area contributed by atoms with Gasteiger partial charge in [-0.15, -0.1) is 0 Å². The topological polar surface area (TPSA) is 88.5 Å². The van der Waals surface area contributed by atoms with Crippen molar-refractivity contribution in [1.29, 1.82) is 0 Å². The Hall–Kier alpha value is -0.910. The second-order valence-corrected chi connectivity index (χ2v) is 7.46. The van der Waals surface area contributed by atoms with E-state index in [1.807, 2.05) is 0 Å². The predicted molar refractivity (Wildman–Crippen MR) is 114 cm³/mol. The van der Waals surface area contributed by atoms with E-state index in [0.29, 0.717) is 25.8 Å². The van der Waals surface area contributed by atoms with Gasteiger partial charge in [-0.2, -0.15) is 0 Å². The van der Waals surface area contributed by atoms with Gasteiger partial charge < -0.3 is 16.8 Å². The summed E-state index contributed by atoms with van der Waals surface area (Å²) in [6.45, 7) is 5.13. The van der Waals surface area contributed by atoms with E-state index in [2.05, 4.69) is 34.7 Å². The van der Waals surface area contributed by atoms with Gasteiger partial charge in [-0.3, -0.25) is 10.3 Å². The Morgan fingerprint density at radius 1 is 1.00 bits per heavy atom. The van der Waals surface area contributed by atoms with Crippen molar-refractivity contribution in [2.75, 3.05) is 26.3 Å². The van der Waals surface area contributed by atoms with Crippen LogP contribution in [0, 0.1) is 5.92 Å². The maximum absolute atomic E-state index is 5.66. The molecule has 0 radical (unpaired) electrons. The van der Waals surface area contributed by atoms with Crippen molar-refractivity contribution in [3.8, 4) is 0 Å². The molecule has 2 unspecified atom stereocenters. The minimum absolute atomic E-state index is 0.461. The van der Waals surface area contributed by atoms with Gasteiger partial charge in [-0.05, 0) is 44.7 Å². The predicted octanol–water partition coefficient (Wildman–Crippen LogP) is 3.30. The van der Waals surface area contributed by atoms with Gasteiger partial charge in [0, 0.05) is 19.0 Å². The molecule has 1 rings (SSSR count). The van der Waals surface area contributed by atoms with Crippen molar-refractivity contribution >= 4 is 5.84 Å². The Morgan fingerprint density at radius 3 is 2.50 bits per heavy atom. The lowest BCUT2D eigenvalue weighted by Crippen LogP contribution is -2.33. The molecule has 0 aliphatic heterocycles. The highest BCUT2D eigenvalue weighted by Crippen LogP contribution is 2.23. The fraction of sp³-hybridized carbons (Fsp3) is 0.857. The largest absolute Gasteiger partial charge is 0.374 e. The molecule has 5 heteroatoms. The summed E-state index contributed by atoms with van der Waals surface area (Å²) in [4.78, 5) is 4.62. The number of hydrogen-bond donors (Lipinski definition) is 4. The van der Waals surface area contributed by atoms with Gasteiger partial charge in [0.1, 0.15) is 0 Å². The van der Waals surface area contributed by atoms with Gasteiger partial charge in [0.05, 0.1) is 12.5 Å². The van der Waals surface area contributed by atoms with E-state index in [9.17, 15) is 0 Å². The standard InChI is InChI=1S/C21H43N5/c1-2-3-4-5-6-7-9-19-10-12-20(13-11-19)25-18-26-21(14-16-23)24-17-8-15-22/h10,12,19-20,25H,2-9,11,13-18,22-23H2,1H3,(H,24,26). The first-order chi connectivity index (χ1) is 12.8. The Kier molecular flexibility index (Phi) is 14.5. The summed E-state index contributed by atoms with van der Waals surface area (Å²) >= 11 is 0. The maximum atomic E-state index is 5.66. The van der Waals surface area contributed by atoms with Crippen molar-refractivity contribution in [1.82, 2.24) is 10.6 Å². The fourth-order valence-corrected chi connectivity index (χ4v) is 3.43. The van der Waals surface area contributed by atoms with Gasteiger partial charge in [0.2, 0.25) is 0 Å². The van der Waals surface area contributed by atoms with Crippen LogP contribution in [-0.2, 0) is 0 Å². The Labute approximate surface area is 161 Å². The average molecular weight is 366 g/mol. The highest BCUT2D eigenvalue weighted by Gasteiger charge is 2.14. The number of amidine groups is 1. The van der Waals surface area contributed by atoms with Crippen LogP contribution in [0.2, 0.25) is 0 Å². The molecule has 1 aliphatic rings. The molecule has 0 amide bonds. The van der Waals surface area contributed by atoms with Crippen molar-refractivity contribution < 1.29 is 0 Å². The Balaban J connectivity index is 2.17. The molecule has 0 bridgehead atoms. The normalized spacial score (nSPS) is 20.5. The molecule has 1 aliphatic carbocycles. The third-order valence-electron chi connectivity index (χ3n) is 5.11. The van der Waals surface area contributed by atoms with Crippen molar-refractivity contribution in [3.05, 3.63) is 12.2 Å². The third-order valence-corrected chi connectivity index (χ3v) is 5.11. The van der Waals surface area contributed by atoms with Crippen LogP contribution < -0.4 is 22.1 Å². The summed E-state index contributed by atoms with van der Waals surface area (Å²) in [6, 6.07) is 0.461. The van der Waals surface area contributed by atoms with Gasteiger partial charge in [0.15, 0.2) is 0 Å². The Morgan fingerprint density at radius 2 is 1.81 bits per heavy atom. The molecule has 0 saturated carbocycles. The molecular weight excluding hydrogens is 322 g/mol. The molecule has 0 spiro atoms. The fourth-order valence-electron chi connectivity index (χ4n) is 3.43. The molecule has 5 nitrogen and oxygen atoms in total. The van der Waals surface area contributed by atoms with E-state index >= 15 is 0 Å².